The van der Waals surface area contributed by atoms with E-state index < -0.39 is 0 Å². The highest BCUT2D eigenvalue weighted by atomic mass is 127. The summed E-state index contributed by atoms with van der Waals surface area (Å²) in [6.45, 7) is 8.84. The molecule has 7 nitrogen and oxygen atoms in total. The molecular weight excluding hydrogens is 443 g/mol. The van der Waals surface area contributed by atoms with Crippen molar-refractivity contribution in [1.29, 1.82) is 0 Å². The van der Waals surface area contributed by atoms with Crippen LogP contribution in [0.5, 0.6) is 0 Å². The van der Waals surface area contributed by atoms with Crippen LogP contribution >= 0.6 is 24.0 Å². The fourth-order valence-electron chi connectivity index (χ4n) is 2.35. The maximum Gasteiger partial charge on any atom is 0.276 e. The number of halogens is 1. The van der Waals surface area contributed by atoms with E-state index in [0.717, 1.165) is 31.9 Å². The largest absolute Gasteiger partial charge is 0.357 e. The van der Waals surface area contributed by atoms with Crippen LogP contribution in [0.2, 0.25) is 0 Å². The number of nitrogens with zero attached hydrogens (tertiary/aromatic N) is 4. The van der Waals surface area contributed by atoms with Gasteiger partial charge in [-0.05, 0) is 25.0 Å². The lowest BCUT2D eigenvalue weighted by atomic mass is 10.0. The van der Waals surface area contributed by atoms with Gasteiger partial charge in [0.1, 0.15) is 5.69 Å². The van der Waals surface area contributed by atoms with Crippen molar-refractivity contribution in [3.63, 3.8) is 0 Å². The molecule has 2 rings (SSSR count). The molecule has 0 radical (unpaired) electrons. The van der Waals surface area contributed by atoms with Crippen LogP contribution < -0.4 is 10.6 Å². The summed E-state index contributed by atoms with van der Waals surface area (Å²) < 4.78 is 5.27. The molecule has 0 spiro atoms. The zero-order chi connectivity index (χ0) is 17.9. The van der Waals surface area contributed by atoms with Crippen LogP contribution in [0.1, 0.15) is 39.4 Å². The van der Waals surface area contributed by atoms with Crippen molar-refractivity contribution < 1.29 is 4.52 Å². The van der Waals surface area contributed by atoms with Gasteiger partial charge in [-0.2, -0.15) is 4.98 Å². The van der Waals surface area contributed by atoms with Gasteiger partial charge in [-0.3, -0.25) is 9.98 Å². The molecule has 0 aliphatic rings. The van der Waals surface area contributed by atoms with E-state index in [0.29, 0.717) is 36.3 Å². The van der Waals surface area contributed by atoms with E-state index >= 15 is 0 Å². The molecule has 2 aromatic heterocycles. The summed E-state index contributed by atoms with van der Waals surface area (Å²) in [7, 11) is 0. The highest BCUT2D eigenvalue weighted by Gasteiger charge is 2.09. The van der Waals surface area contributed by atoms with Gasteiger partial charge in [0.15, 0.2) is 11.8 Å². The normalized spacial score (nSPS) is 11.3. The maximum atomic E-state index is 5.27. The van der Waals surface area contributed by atoms with Gasteiger partial charge in [-0.25, -0.2) is 0 Å². The standard InChI is InChI=1S/C18H28N6O.HI/c1-4-14(5-2)13-22-18(19-6-3)21-12-10-16-23-17(25-24-16)15-9-7-8-11-20-15;/h7-9,11,14H,4-6,10,12-13H2,1-3H3,(H2,19,21,22);1H. The first kappa shape index (κ1) is 22.3. The minimum absolute atomic E-state index is 0. The molecule has 26 heavy (non-hydrogen) atoms. The number of aliphatic imine (C=N–C) groups is 1. The molecule has 0 unspecified atom stereocenters. The molecular formula is C18H29IN6O. The van der Waals surface area contributed by atoms with Crippen LogP contribution in [0.3, 0.4) is 0 Å². The van der Waals surface area contributed by atoms with Crippen molar-refractivity contribution in [2.75, 3.05) is 19.6 Å². The number of nitrogens with one attached hydrogen (secondary N) is 2. The van der Waals surface area contributed by atoms with Crippen molar-refractivity contribution in [3.05, 3.63) is 30.2 Å². The zero-order valence-electron chi connectivity index (χ0n) is 15.7. The zero-order valence-corrected chi connectivity index (χ0v) is 18.1. The fourth-order valence-corrected chi connectivity index (χ4v) is 2.35. The Kier molecular flexibility index (Phi) is 10.8. The van der Waals surface area contributed by atoms with E-state index in [1.54, 1.807) is 6.20 Å². The summed E-state index contributed by atoms with van der Waals surface area (Å²) in [4.78, 5) is 13.3. The molecule has 0 saturated carbocycles. The van der Waals surface area contributed by atoms with Crippen LogP contribution in [-0.2, 0) is 6.42 Å². The number of pyridine rings is 1. The fraction of sp³-hybridized carbons (Fsp3) is 0.556. The SMILES string of the molecule is CCNC(=NCC(CC)CC)NCCc1noc(-c2ccccn2)n1.I. The van der Waals surface area contributed by atoms with E-state index in [2.05, 4.69) is 51.5 Å². The van der Waals surface area contributed by atoms with Crippen molar-refractivity contribution in [1.82, 2.24) is 25.8 Å². The molecule has 0 aliphatic heterocycles. The molecule has 0 saturated heterocycles. The van der Waals surface area contributed by atoms with Crippen LogP contribution in [0.4, 0.5) is 0 Å². The highest BCUT2D eigenvalue weighted by Crippen LogP contribution is 2.13. The second-order valence-corrected chi connectivity index (χ2v) is 5.81. The van der Waals surface area contributed by atoms with Crippen molar-refractivity contribution in [3.8, 4) is 11.6 Å². The third-order valence-electron chi connectivity index (χ3n) is 4.00. The van der Waals surface area contributed by atoms with Gasteiger partial charge in [0.05, 0.1) is 0 Å². The molecule has 0 fully saturated rings. The van der Waals surface area contributed by atoms with E-state index in [4.69, 9.17) is 4.52 Å². The molecule has 144 valence electrons. The second-order valence-electron chi connectivity index (χ2n) is 5.81. The Morgan fingerprint density at radius 2 is 2.00 bits per heavy atom. The maximum absolute atomic E-state index is 5.27. The molecule has 0 aromatic carbocycles. The lowest BCUT2D eigenvalue weighted by Gasteiger charge is -2.13. The number of guanidine groups is 1. The minimum Gasteiger partial charge on any atom is -0.357 e. The smallest absolute Gasteiger partial charge is 0.276 e. The summed E-state index contributed by atoms with van der Waals surface area (Å²) in [5.41, 5.74) is 0.689. The number of hydrogen-bond acceptors (Lipinski definition) is 5. The number of aromatic nitrogens is 3. The third-order valence-corrected chi connectivity index (χ3v) is 4.00. The topological polar surface area (TPSA) is 88.2 Å². The lowest BCUT2D eigenvalue weighted by molar-refractivity contribution is 0.421. The summed E-state index contributed by atoms with van der Waals surface area (Å²) >= 11 is 0. The molecule has 0 amide bonds. The Labute approximate surface area is 172 Å². The molecule has 0 aliphatic carbocycles. The Morgan fingerprint density at radius 1 is 1.19 bits per heavy atom. The second kappa shape index (κ2) is 12.6. The van der Waals surface area contributed by atoms with Crippen LogP contribution in [0.25, 0.3) is 11.6 Å². The van der Waals surface area contributed by atoms with E-state index in [9.17, 15) is 0 Å². The van der Waals surface area contributed by atoms with E-state index in [1.807, 2.05) is 18.2 Å². The molecule has 2 aromatic rings. The first-order chi connectivity index (χ1) is 12.3. The van der Waals surface area contributed by atoms with Gasteiger partial charge >= 0.3 is 0 Å². The van der Waals surface area contributed by atoms with Gasteiger partial charge in [-0.15, -0.1) is 24.0 Å². The van der Waals surface area contributed by atoms with Crippen molar-refractivity contribution in [2.24, 2.45) is 10.9 Å². The quantitative estimate of drug-likeness (QED) is 0.331. The average Bonchev–Trinajstić information content (AvgIpc) is 3.12. The van der Waals surface area contributed by atoms with Crippen LogP contribution in [0, 0.1) is 5.92 Å². The van der Waals surface area contributed by atoms with Crippen LogP contribution in [-0.4, -0.2) is 40.7 Å². The molecule has 8 heteroatoms. The predicted molar refractivity (Wildman–Crippen MR) is 115 cm³/mol. The first-order valence-corrected chi connectivity index (χ1v) is 9.02. The minimum atomic E-state index is 0. The lowest BCUT2D eigenvalue weighted by Crippen LogP contribution is -2.38. The summed E-state index contributed by atoms with van der Waals surface area (Å²) in [6, 6.07) is 5.60. The van der Waals surface area contributed by atoms with Crippen molar-refractivity contribution >= 4 is 29.9 Å². The highest BCUT2D eigenvalue weighted by molar-refractivity contribution is 14.0. The van der Waals surface area contributed by atoms with Gasteiger partial charge in [0.25, 0.3) is 5.89 Å². The third kappa shape index (κ3) is 7.27. The summed E-state index contributed by atoms with van der Waals surface area (Å²) in [6.07, 6.45) is 4.67. The Morgan fingerprint density at radius 3 is 2.65 bits per heavy atom. The van der Waals surface area contributed by atoms with Gasteiger partial charge in [0, 0.05) is 32.3 Å². The summed E-state index contributed by atoms with van der Waals surface area (Å²) in [5.74, 6) is 2.57. The Hall–Kier alpha value is -1.71. The van der Waals surface area contributed by atoms with Gasteiger partial charge in [-0.1, -0.05) is 37.9 Å². The van der Waals surface area contributed by atoms with Crippen molar-refractivity contribution in [2.45, 2.75) is 40.0 Å². The monoisotopic (exact) mass is 472 g/mol. The molecule has 0 bridgehead atoms. The Balaban J connectivity index is 0.00000338. The molecule has 2 N–H and O–H groups in total. The summed E-state index contributed by atoms with van der Waals surface area (Å²) in [5, 5.41) is 10.6. The number of rotatable bonds is 9. The van der Waals surface area contributed by atoms with Crippen LogP contribution in [0.15, 0.2) is 33.9 Å². The molecule has 2 heterocycles. The predicted octanol–water partition coefficient (Wildman–Crippen LogP) is 3.28. The number of hydrogen-bond donors (Lipinski definition) is 2. The van der Waals surface area contributed by atoms with Gasteiger partial charge < -0.3 is 15.2 Å². The first-order valence-electron chi connectivity index (χ1n) is 9.02. The van der Waals surface area contributed by atoms with E-state index in [-0.39, 0.29) is 24.0 Å². The van der Waals surface area contributed by atoms with Gasteiger partial charge in [0.2, 0.25) is 0 Å². The van der Waals surface area contributed by atoms with E-state index in [1.165, 1.54) is 0 Å². The average molecular weight is 472 g/mol. The Bertz CT molecular complexity index is 642. The molecule has 0 atom stereocenters.